The van der Waals surface area contributed by atoms with Crippen molar-refractivity contribution < 1.29 is 27.4 Å². The Balaban J connectivity index is 2.06. The molecule has 0 aliphatic carbocycles. The molecule has 0 unspecified atom stereocenters. The van der Waals surface area contributed by atoms with Crippen LogP contribution in [0.1, 0.15) is 26.3 Å². The minimum absolute atomic E-state index is 0.0654. The summed E-state index contributed by atoms with van der Waals surface area (Å²) < 4.78 is 52.1. The molecule has 1 aromatic heterocycles. The summed E-state index contributed by atoms with van der Waals surface area (Å²) in [6.07, 6.45) is -3.51. The van der Waals surface area contributed by atoms with E-state index in [4.69, 9.17) is 21.1 Å². The summed E-state index contributed by atoms with van der Waals surface area (Å²) in [5, 5.41) is 0.321. The van der Waals surface area contributed by atoms with Gasteiger partial charge in [-0.2, -0.15) is 13.2 Å². The Labute approximate surface area is 176 Å². The van der Waals surface area contributed by atoms with Crippen molar-refractivity contribution in [2.75, 3.05) is 6.61 Å². The summed E-state index contributed by atoms with van der Waals surface area (Å²) in [6.45, 7) is 4.07. The van der Waals surface area contributed by atoms with Gasteiger partial charge < -0.3 is 14.0 Å². The van der Waals surface area contributed by atoms with Crippen LogP contribution in [-0.4, -0.2) is 28.9 Å². The molecule has 0 saturated carbocycles. The largest absolute Gasteiger partial charge is 0.491 e. The Kier molecular flexibility index (Phi) is 5.91. The number of pyridine rings is 1. The Morgan fingerprint density at radius 3 is 2.57 bits per heavy atom. The number of ether oxygens (including phenoxy) is 2. The Hall–Kier alpha value is -2.48. The summed E-state index contributed by atoms with van der Waals surface area (Å²) in [4.78, 5) is 24.7. The van der Waals surface area contributed by atoms with Gasteiger partial charge in [-0.05, 0) is 50.5 Å². The van der Waals surface area contributed by atoms with Crippen LogP contribution in [0.15, 0.2) is 35.3 Å². The number of hydrogen-bond acceptors (Lipinski definition) is 4. The van der Waals surface area contributed by atoms with Gasteiger partial charge in [0.15, 0.2) is 0 Å². The zero-order chi connectivity index (χ0) is 22.3. The summed E-state index contributed by atoms with van der Waals surface area (Å²) in [5.41, 5.74) is -0.111. The number of rotatable bonds is 2. The quantitative estimate of drug-likeness (QED) is 0.635. The van der Waals surface area contributed by atoms with Gasteiger partial charge in [-0.3, -0.25) is 9.59 Å². The Morgan fingerprint density at radius 1 is 1.23 bits per heavy atom. The van der Waals surface area contributed by atoms with E-state index in [1.807, 2.05) is 0 Å². The van der Waals surface area contributed by atoms with E-state index in [0.29, 0.717) is 21.7 Å². The lowest BCUT2D eigenvalue weighted by atomic mass is 9.91. The molecule has 2 aromatic rings. The van der Waals surface area contributed by atoms with E-state index >= 15 is 0 Å². The predicted molar refractivity (Wildman–Crippen MR) is 106 cm³/mol. The number of aromatic nitrogens is 1. The lowest BCUT2D eigenvalue weighted by Gasteiger charge is -2.26. The molecule has 0 amide bonds. The van der Waals surface area contributed by atoms with E-state index in [0.717, 1.165) is 4.57 Å². The third-order valence-corrected chi connectivity index (χ3v) is 4.78. The first kappa shape index (κ1) is 22.2. The van der Waals surface area contributed by atoms with Crippen molar-refractivity contribution in [1.29, 1.82) is 0 Å². The van der Waals surface area contributed by atoms with E-state index < -0.39 is 42.4 Å². The SMILES string of the molecule is CC(C)(C)OC(=O)Cn1cc2c(cc1=O)-c1cc(Cl)ccc1C[C@@H](C(F)(F)F)CO2. The van der Waals surface area contributed by atoms with Crippen LogP contribution in [0.25, 0.3) is 11.1 Å². The highest BCUT2D eigenvalue weighted by Gasteiger charge is 2.41. The molecule has 162 valence electrons. The zero-order valence-corrected chi connectivity index (χ0v) is 17.4. The zero-order valence-electron chi connectivity index (χ0n) is 16.7. The van der Waals surface area contributed by atoms with Gasteiger partial charge >= 0.3 is 12.1 Å². The van der Waals surface area contributed by atoms with E-state index in [1.165, 1.54) is 30.5 Å². The first-order valence-electron chi connectivity index (χ1n) is 9.28. The highest BCUT2D eigenvalue weighted by atomic mass is 35.5. The molecule has 3 rings (SSSR count). The molecule has 0 spiro atoms. The van der Waals surface area contributed by atoms with Crippen LogP contribution in [0.5, 0.6) is 5.75 Å². The van der Waals surface area contributed by atoms with Gasteiger partial charge in [0.1, 0.15) is 24.5 Å². The van der Waals surface area contributed by atoms with Crippen LogP contribution in [-0.2, 0) is 22.5 Å². The maximum absolute atomic E-state index is 13.5. The van der Waals surface area contributed by atoms with Crippen molar-refractivity contribution in [2.24, 2.45) is 5.92 Å². The first-order valence-corrected chi connectivity index (χ1v) is 9.66. The van der Waals surface area contributed by atoms with Gasteiger partial charge in [0.05, 0.1) is 12.1 Å². The average molecular weight is 444 g/mol. The Bertz CT molecular complexity index is 1020. The highest BCUT2D eigenvalue weighted by Crippen LogP contribution is 2.39. The maximum atomic E-state index is 13.5. The van der Waals surface area contributed by atoms with Crippen molar-refractivity contribution in [2.45, 2.75) is 45.5 Å². The molecule has 9 heteroatoms. The smallest absolute Gasteiger partial charge is 0.395 e. The van der Waals surface area contributed by atoms with Crippen LogP contribution in [0.3, 0.4) is 0 Å². The minimum atomic E-state index is -4.46. The number of fused-ring (bicyclic) bond motifs is 3. The fourth-order valence-corrected chi connectivity index (χ4v) is 3.39. The number of benzene rings is 1. The molecule has 0 radical (unpaired) electrons. The number of halogens is 4. The summed E-state index contributed by atoms with van der Waals surface area (Å²) in [5.74, 6) is -2.31. The second kappa shape index (κ2) is 7.98. The molecule has 0 fully saturated rings. The van der Waals surface area contributed by atoms with E-state index in [-0.39, 0.29) is 12.2 Å². The number of nitrogens with zero attached hydrogens (tertiary/aromatic N) is 1. The summed E-state index contributed by atoms with van der Waals surface area (Å²) >= 11 is 6.06. The monoisotopic (exact) mass is 443 g/mol. The molecular weight excluding hydrogens is 423 g/mol. The van der Waals surface area contributed by atoms with Gasteiger partial charge in [0.2, 0.25) is 0 Å². The van der Waals surface area contributed by atoms with Gasteiger partial charge in [0, 0.05) is 16.7 Å². The fraction of sp³-hybridized carbons (Fsp3) is 0.429. The second-order valence-electron chi connectivity index (χ2n) is 8.16. The van der Waals surface area contributed by atoms with Gasteiger partial charge in [-0.25, -0.2) is 0 Å². The second-order valence-corrected chi connectivity index (χ2v) is 8.60. The van der Waals surface area contributed by atoms with E-state index in [1.54, 1.807) is 20.8 Å². The number of carbonyl (C=O) groups is 1. The third-order valence-electron chi connectivity index (χ3n) is 4.54. The standard InChI is InChI=1S/C21H21ClF3NO4/c1-20(2,3)30-19(28)10-26-9-17-16(8-18(26)27)15-7-14(22)5-4-12(15)6-13(11-29-17)21(23,24)25/h4-5,7-9,13H,6,10-11H2,1-3H3/t13-/m1/s1. The molecule has 1 aliphatic heterocycles. The molecule has 0 saturated heterocycles. The lowest BCUT2D eigenvalue weighted by Crippen LogP contribution is -2.33. The third kappa shape index (κ3) is 5.16. The topological polar surface area (TPSA) is 57.5 Å². The molecular formula is C21H21ClF3NO4. The fourth-order valence-electron chi connectivity index (χ4n) is 3.22. The first-order chi connectivity index (χ1) is 13.8. The van der Waals surface area contributed by atoms with Crippen LogP contribution in [0.2, 0.25) is 5.02 Å². The van der Waals surface area contributed by atoms with E-state index in [9.17, 15) is 22.8 Å². The molecule has 0 bridgehead atoms. The number of hydrogen-bond donors (Lipinski definition) is 0. The molecule has 2 heterocycles. The molecule has 5 nitrogen and oxygen atoms in total. The summed E-state index contributed by atoms with van der Waals surface area (Å²) in [7, 11) is 0. The van der Waals surface area contributed by atoms with Crippen molar-refractivity contribution in [3.05, 3.63) is 51.4 Å². The van der Waals surface area contributed by atoms with Gasteiger partial charge in [-0.1, -0.05) is 17.7 Å². The van der Waals surface area contributed by atoms with Crippen LogP contribution in [0.4, 0.5) is 13.2 Å². The van der Waals surface area contributed by atoms with Crippen molar-refractivity contribution in [3.8, 4) is 16.9 Å². The Morgan fingerprint density at radius 2 is 1.93 bits per heavy atom. The van der Waals surface area contributed by atoms with Crippen LogP contribution in [0, 0.1) is 5.92 Å². The number of alkyl halides is 3. The number of carbonyl (C=O) groups excluding carboxylic acids is 1. The van der Waals surface area contributed by atoms with Gasteiger partial charge in [-0.15, -0.1) is 0 Å². The van der Waals surface area contributed by atoms with Crippen molar-refractivity contribution in [1.82, 2.24) is 4.57 Å². The molecule has 1 aromatic carbocycles. The van der Waals surface area contributed by atoms with E-state index in [2.05, 4.69) is 0 Å². The van der Waals surface area contributed by atoms with Crippen LogP contribution >= 0.6 is 11.6 Å². The summed E-state index contributed by atoms with van der Waals surface area (Å²) in [6, 6.07) is 5.79. The average Bonchev–Trinajstić information content (AvgIpc) is 2.57. The van der Waals surface area contributed by atoms with Crippen molar-refractivity contribution >= 4 is 17.6 Å². The van der Waals surface area contributed by atoms with Crippen LogP contribution < -0.4 is 10.3 Å². The normalized spacial score (nSPS) is 16.6. The molecule has 1 aliphatic rings. The number of esters is 1. The predicted octanol–water partition coefficient (Wildman–Crippen LogP) is 4.62. The van der Waals surface area contributed by atoms with Crippen molar-refractivity contribution in [3.63, 3.8) is 0 Å². The van der Waals surface area contributed by atoms with Gasteiger partial charge in [0.25, 0.3) is 5.56 Å². The molecule has 0 N–H and O–H groups in total. The molecule has 1 atom stereocenters. The minimum Gasteiger partial charge on any atom is -0.491 e. The highest BCUT2D eigenvalue weighted by molar-refractivity contribution is 6.30. The molecule has 30 heavy (non-hydrogen) atoms. The lowest BCUT2D eigenvalue weighted by molar-refractivity contribution is -0.181. The maximum Gasteiger partial charge on any atom is 0.395 e.